The number of esters is 1. The first-order valence-electron chi connectivity index (χ1n) is 11.4. The van der Waals surface area contributed by atoms with Gasteiger partial charge in [0, 0.05) is 18.6 Å². The zero-order chi connectivity index (χ0) is 25.4. The molecule has 11 heteroatoms. The van der Waals surface area contributed by atoms with Gasteiger partial charge >= 0.3 is 5.97 Å². The summed E-state index contributed by atoms with van der Waals surface area (Å²) in [5, 5.41) is 0. The minimum Gasteiger partial charge on any atom is -0.452 e. The number of rotatable bonds is 7. The Morgan fingerprint density at radius 1 is 1.14 bits per heavy atom. The van der Waals surface area contributed by atoms with Crippen molar-refractivity contribution in [1.29, 1.82) is 0 Å². The molecule has 2 aliphatic heterocycles. The lowest BCUT2D eigenvalue weighted by molar-refractivity contribution is -0.136. The van der Waals surface area contributed by atoms with Crippen molar-refractivity contribution in [3.8, 4) is 0 Å². The number of likely N-dealkylation sites (N-methyl/N-ethyl adjacent to an activating group) is 1. The number of hydrogen-bond acceptors (Lipinski definition) is 7. The normalized spacial score (nSPS) is 20.9. The summed E-state index contributed by atoms with van der Waals surface area (Å²) in [4.78, 5) is 26.6. The lowest BCUT2D eigenvalue weighted by atomic mass is 10.1. The van der Waals surface area contributed by atoms with Crippen LogP contribution in [0.4, 0.5) is 5.69 Å². The van der Waals surface area contributed by atoms with Crippen LogP contribution in [0, 0.1) is 0 Å². The smallest absolute Gasteiger partial charge is 0.338 e. The zero-order valence-electron chi connectivity index (χ0n) is 19.6. The molecular formula is C24H28N2O7S2. The minimum atomic E-state index is -3.93. The van der Waals surface area contributed by atoms with Crippen LogP contribution in [0.2, 0.25) is 0 Å². The van der Waals surface area contributed by atoms with Crippen LogP contribution in [0.3, 0.4) is 0 Å². The molecule has 0 bridgehead atoms. The van der Waals surface area contributed by atoms with Crippen LogP contribution in [0.1, 0.15) is 36.2 Å². The number of hydrogen-bond donors (Lipinski definition) is 0. The van der Waals surface area contributed by atoms with Crippen LogP contribution >= 0.6 is 0 Å². The highest BCUT2D eigenvalue weighted by molar-refractivity contribution is 7.93. The van der Waals surface area contributed by atoms with E-state index in [2.05, 4.69) is 0 Å². The van der Waals surface area contributed by atoms with Crippen molar-refractivity contribution < 1.29 is 31.2 Å². The van der Waals surface area contributed by atoms with E-state index in [1.807, 2.05) is 19.1 Å². The monoisotopic (exact) mass is 520 g/mol. The zero-order valence-corrected chi connectivity index (χ0v) is 21.2. The first-order chi connectivity index (χ1) is 16.5. The predicted octanol–water partition coefficient (Wildman–Crippen LogP) is 2.02. The molecule has 2 aromatic carbocycles. The fourth-order valence-electron chi connectivity index (χ4n) is 4.75. The molecule has 0 aliphatic carbocycles. The summed E-state index contributed by atoms with van der Waals surface area (Å²) in [6, 6.07) is 12.1. The molecule has 0 radical (unpaired) electrons. The lowest BCUT2D eigenvalue weighted by Gasteiger charge is -2.26. The van der Waals surface area contributed by atoms with Crippen LogP contribution in [-0.2, 0) is 35.8 Å². The van der Waals surface area contributed by atoms with Crippen molar-refractivity contribution in [2.45, 2.75) is 43.7 Å². The molecule has 2 atom stereocenters. The molecule has 2 aliphatic rings. The van der Waals surface area contributed by atoms with Crippen LogP contribution in [-0.4, -0.2) is 70.4 Å². The SMILES string of the molecule is CCN(C(=O)COC(=O)c1cccc(S(=O)(=O)N2c3ccccc3C[C@@H]2C)c1)[C@@H]1CCS(=O)(=O)C1. The molecule has 0 spiro atoms. The van der Waals surface area contributed by atoms with Crippen LogP contribution in [0.15, 0.2) is 53.4 Å². The van der Waals surface area contributed by atoms with E-state index in [-0.39, 0.29) is 28.0 Å². The van der Waals surface area contributed by atoms with Crippen LogP contribution in [0.5, 0.6) is 0 Å². The Kier molecular flexibility index (Phi) is 6.92. The van der Waals surface area contributed by atoms with Crippen molar-refractivity contribution >= 4 is 37.4 Å². The van der Waals surface area contributed by atoms with Gasteiger partial charge in [-0.1, -0.05) is 24.3 Å². The van der Waals surface area contributed by atoms with E-state index in [1.165, 1.54) is 33.5 Å². The molecule has 0 N–H and O–H groups in total. The van der Waals surface area contributed by atoms with Gasteiger partial charge in [-0.3, -0.25) is 9.10 Å². The molecule has 9 nitrogen and oxygen atoms in total. The average molecular weight is 521 g/mol. The van der Waals surface area contributed by atoms with Gasteiger partial charge in [0.15, 0.2) is 16.4 Å². The second-order valence-electron chi connectivity index (χ2n) is 8.82. The Balaban J connectivity index is 1.47. The van der Waals surface area contributed by atoms with E-state index in [0.29, 0.717) is 25.1 Å². The molecule has 0 saturated carbocycles. The number of carbonyl (C=O) groups is 2. The summed E-state index contributed by atoms with van der Waals surface area (Å²) in [7, 11) is -7.10. The maximum Gasteiger partial charge on any atom is 0.338 e. The topological polar surface area (TPSA) is 118 Å². The number of carbonyl (C=O) groups excluding carboxylic acids is 2. The summed E-state index contributed by atoms with van der Waals surface area (Å²) in [6.07, 6.45) is 0.948. The summed E-state index contributed by atoms with van der Waals surface area (Å²) in [5.41, 5.74) is 1.56. The van der Waals surface area contributed by atoms with E-state index in [1.54, 1.807) is 19.1 Å². The number of ether oxygens (including phenoxy) is 1. The quantitative estimate of drug-likeness (QED) is 0.513. The van der Waals surface area contributed by atoms with Gasteiger partial charge in [0.25, 0.3) is 15.9 Å². The van der Waals surface area contributed by atoms with Crippen LogP contribution < -0.4 is 4.31 Å². The second-order valence-corrected chi connectivity index (χ2v) is 12.9. The third-order valence-corrected chi connectivity index (χ3v) is 10.1. The van der Waals surface area contributed by atoms with E-state index in [0.717, 1.165) is 5.56 Å². The third kappa shape index (κ3) is 5.06. The van der Waals surface area contributed by atoms with Gasteiger partial charge in [0.1, 0.15) is 0 Å². The number of fused-ring (bicyclic) bond motifs is 1. The number of amides is 1. The van der Waals surface area contributed by atoms with Crippen molar-refractivity contribution in [2.75, 3.05) is 29.0 Å². The Morgan fingerprint density at radius 3 is 2.57 bits per heavy atom. The Morgan fingerprint density at radius 2 is 1.89 bits per heavy atom. The average Bonchev–Trinajstić information content (AvgIpc) is 3.36. The Labute approximate surface area is 205 Å². The fraction of sp³-hybridized carbons (Fsp3) is 0.417. The summed E-state index contributed by atoms with van der Waals surface area (Å²) >= 11 is 0. The maximum absolute atomic E-state index is 13.4. The molecule has 0 aromatic heterocycles. The predicted molar refractivity (Wildman–Crippen MR) is 130 cm³/mol. The molecule has 2 aromatic rings. The lowest BCUT2D eigenvalue weighted by Crippen LogP contribution is -2.43. The van der Waals surface area contributed by atoms with Crippen molar-refractivity contribution in [2.24, 2.45) is 0 Å². The molecule has 2 heterocycles. The van der Waals surface area contributed by atoms with E-state index in [9.17, 15) is 26.4 Å². The summed E-state index contributed by atoms with van der Waals surface area (Å²) < 4.78 is 56.9. The molecule has 1 saturated heterocycles. The van der Waals surface area contributed by atoms with E-state index < -0.39 is 44.4 Å². The van der Waals surface area contributed by atoms with Gasteiger partial charge in [-0.05, 0) is 56.5 Å². The highest BCUT2D eigenvalue weighted by Crippen LogP contribution is 2.36. The fourth-order valence-corrected chi connectivity index (χ4v) is 8.22. The van der Waals surface area contributed by atoms with Gasteiger partial charge in [-0.25, -0.2) is 21.6 Å². The van der Waals surface area contributed by atoms with Gasteiger partial charge in [0.2, 0.25) is 0 Å². The van der Waals surface area contributed by atoms with Crippen LogP contribution in [0.25, 0.3) is 0 Å². The highest BCUT2D eigenvalue weighted by Gasteiger charge is 2.36. The van der Waals surface area contributed by atoms with Crippen molar-refractivity contribution in [3.05, 3.63) is 59.7 Å². The number of para-hydroxylation sites is 1. The molecule has 1 fully saturated rings. The molecule has 1 amide bonds. The molecule has 4 rings (SSSR count). The molecular weight excluding hydrogens is 492 g/mol. The molecule has 188 valence electrons. The van der Waals surface area contributed by atoms with Gasteiger partial charge < -0.3 is 9.64 Å². The summed E-state index contributed by atoms with van der Waals surface area (Å²) in [6.45, 7) is 3.30. The maximum atomic E-state index is 13.4. The van der Waals surface area contributed by atoms with Gasteiger partial charge in [0.05, 0.1) is 27.7 Å². The highest BCUT2D eigenvalue weighted by atomic mass is 32.2. The van der Waals surface area contributed by atoms with Crippen molar-refractivity contribution in [3.63, 3.8) is 0 Å². The number of anilines is 1. The summed E-state index contributed by atoms with van der Waals surface area (Å²) in [5.74, 6) is -1.39. The Bertz CT molecular complexity index is 1360. The number of sulfone groups is 1. The first-order valence-corrected chi connectivity index (χ1v) is 14.7. The van der Waals surface area contributed by atoms with Crippen molar-refractivity contribution in [1.82, 2.24) is 4.90 Å². The number of benzene rings is 2. The van der Waals surface area contributed by atoms with Gasteiger partial charge in [-0.15, -0.1) is 0 Å². The first kappa shape index (κ1) is 25.2. The minimum absolute atomic E-state index is 0.00510. The second kappa shape index (κ2) is 9.62. The number of nitrogens with zero attached hydrogens (tertiary/aromatic N) is 2. The van der Waals surface area contributed by atoms with E-state index in [4.69, 9.17) is 4.74 Å². The molecule has 35 heavy (non-hydrogen) atoms. The largest absolute Gasteiger partial charge is 0.452 e. The van der Waals surface area contributed by atoms with Gasteiger partial charge in [-0.2, -0.15) is 0 Å². The Hall–Kier alpha value is -2.92. The third-order valence-electron chi connectivity index (χ3n) is 6.41. The number of sulfonamides is 1. The molecule has 0 unspecified atom stereocenters. The standard InChI is InChI=1S/C24H28N2O7S2/c1-3-25(20-11-12-34(29,30)16-20)23(27)15-33-24(28)19-8-6-9-21(14-19)35(31,32)26-17(2)13-18-7-4-5-10-22(18)26/h4-10,14,17,20H,3,11-13,15-16H2,1-2H3/t17-,20+/m0/s1. The van der Waals surface area contributed by atoms with E-state index >= 15 is 0 Å².